The van der Waals surface area contributed by atoms with Crippen LogP contribution in [0.3, 0.4) is 0 Å². The number of benzene rings is 1. The summed E-state index contributed by atoms with van der Waals surface area (Å²) in [4.78, 5) is 11.7. The maximum Gasteiger partial charge on any atom is 0.238 e. The second kappa shape index (κ2) is 6.39. The zero-order chi connectivity index (χ0) is 17.3. The van der Waals surface area contributed by atoms with E-state index >= 15 is 0 Å². The summed E-state index contributed by atoms with van der Waals surface area (Å²) >= 11 is 0. The molecule has 0 spiro atoms. The number of nitrogens with one attached hydrogen (secondary N) is 1. The van der Waals surface area contributed by atoms with E-state index in [4.69, 9.17) is 9.47 Å². The van der Waals surface area contributed by atoms with Crippen LogP contribution in [0.5, 0.6) is 11.5 Å². The molecule has 1 aromatic carbocycles. The molecule has 23 heavy (non-hydrogen) atoms. The molecule has 1 atom stereocenters. The number of amides is 1. The third kappa shape index (κ3) is 4.37. The molecular weight excluding hydrogens is 318 g/mol. The van der Waals surface area contributed by atoms with Crippen molar-refractivity contribution in [2.24, 2.45) is 0 Å². The molecular formula is C16H23NO5S. The zero-order valence-electron chi connectivity index (χ0n) is 13.9. The zero-order valence-corrected chi connectivity index (χ0v) is 14.7. The predicted molar refractivity (Wildman–Crippen MR) is 87.7 cm³/mol. The van der Waals surface area contributed by atoms with Gasteiger partial charge in [0, 0.05) is 18.2 Å². The number of fused-ring (bicyclic) bond motifs is 1. The van der Waals surface area contributed by atoms with Crippen LogP contribution < -0.4 is 14.8 Å². The van der Waals surface area contributed by atoms with Crippen molar-refractivity contribution in [3.8, 4) is 11.5 Å². The second-order valence-corrected chi connectivity index (χ2v) is 8.76. The van der Waals surface area contributed by atoms with Crippen LogP contribution in [0, 0.1) is 0 Å². The van der Waals surface area contributed by atoms with Crippen LogP contribution in [0.4, 0.5) is 0 Å². The molecule has 7 heteroatoms. The molecule has 0 unspecified atom stereocenters. The summed E-state index contributed by atoms with van der Waals surface area (Å²) in [6, 6.07) is 5.73. The van der Waals surface area contributed by atoms with Crippen molar-refractivity contribution in [3.63, 3.8) is 0 Å². The van der Waals surface area contributed by atoms with E-state index in [1.54, 1.807) is 0 Å². The van der Waals surface area contributed by atoms with Gasteiger partial charge in [-0.1, -0.05) is 12.1 Å². The van der Waals surface area contributed by atoms with Gasteiger partial charge in [-0.25, -0.2) is 8.42 Å². The SMILES string of the molecule is C[C@H](C(=O)NCCOc1cccc2c1OC(C)(C)C2)S(C)(=O)=O. The summed E-state index contributed by atoms with van der Waals surface area (Å²) in [6.07, 6.45) is 1.86. The third-order valence-electron chi connectivity index (χ3n) is 3.73. The summed E-state index contributed by atoms with van der Waals surface area (Å²) < 4.78 is 34.2. The Morgan fingerprint density at radius 2 is 2.13 bits per heavy atom. The molecule has 0 saturated carbocycles. The Morgan fingerprint density at radius 1 is 1.43 bits per heavy atom. The number of sulfone groups is 1. The van der Waals surface area contributed by atoms with Gasteiger partial charge in [-0.05, 0) is 26.8 Å². The van der Waals surface area contributed by atoms with Crippen LogP contribution in [0.15, 0.2) is 18.2 Å². The van der Waals surface area contributed by atoms with Gasteiger partial charge < -0.3 is 14.8 Å². The van der Waals surface area contributed by atoms with Gasteiger partial charge in [0.15, 0.2) is 21.3 Å². The number of rotatable bonds is 6. The fourth-order valence-electron chi connectivity index (χ4n) is 2.37. The minimum Gasteiger partial charge on any atom is -0.488 e. The smallest absolute Gasteiger partial charge is 0.238 e. The molecule has 2 rings (SSSR count). The maximum atomic E-state index is 11.7. The second-order valence-electron chi connectivity index (χ2n) is 6.39. The van der Waals surface area contributed by atoms with Crippen LogP contribution in [0.2, 0.25) is 0 Å². The monoisotopic (exact) mass is 341 g/mol. The average Bonchev–Trinajstić information content (AvgIpc) is 2.76. The Morgan fingerprint density at radius 3 is 2.78 bits per heavy atom. The first kappa shape index (κ1) is 17.6. The van der Waals surface area contributed by atoms with Crippen LogP contribution in [0.1, 0.15) is 26.3 Å². The highest BCUT2D eigenvalue weighted by Crippen LogP contribution is 2.41. The molecule has 0 aromatic heterocycles. The molecule has 1 heterocycles. The molecule has 0 saturated heterocycles. The summed E-state index contributed by atoms with van der Waals surface area (Å²) in [5.74, 6) is 0.860. The lowest BCUT2D eigenvalue weighted by Crippen LogP contribution is -2.39. The average molecular weight is 341 g/mol. The maximum absolute atomic E-state index is 11.7. The highest BCUT2D eigenvalue weighted by Gasteiger charge is 2.32. The summed E-state index contributed by atoms with van der Waals surface area (Å²) in [6.45, 7) is 5.87. The van der Waals surface area contributed by atoms with Gasteiger partial charge in [0.2, 0.25) is 5.91 Å². The summed E-state index contributed by atoms with van der Waals surface area (Å²) in [5.41, 5.74) is 0.850. The molecule has 0 radical (unpaired) electrons. The van der Waals surface area contributed by atoms with Crippen LogP contribution in [-0.2, 0) is 21.1 Å². The fraction of sp³-hybridized carbons (Fsp3) is 0.562. The molecule has 128 valence electrons. The van der Waals surface area contributed by atoms with Crippen LogP contribution in [-0.4, -0.2) is 44.6 Å². The van der Waals surface area contributed by atoms with E-state index in [0.717, 1.165) is 24.0 Å². The van der Waals surface area contributed by atoms with Crippen molar-refractivity contribution in [1.82, 2.24) is 5.32 Å². The summed E-state index contributed by atoms with van der Waals surface area (Å²) in [5, 5.41) is 1.50. The van der Waals surface area contributed by atoms with Crippen molar-refractivity contribution in [2.75, 3.05) is 19.4 Å². The number of ether oxygens (including phenoxy) is 2. The lowest BCUT2D eigenvalue weighted by atomic mass is 10.0. The molecule has 1 aliphatic heterocycles. The lowest BCUT2D eigenvalue weighted by molar-refractivity contribution is -0.120. The van der Waals surface area contributed by atoms with Gasteiger partial charge in [0.1, 0.15) is 17.5 Å². The predicted octanol–water partition coefficient (Wildman–Crippen LogP) is 1.33. The van der Waals surface area contributed by atoms with E-state index in [1.807, 2.05) is 32.0 Å². The first-order chi connectivity index (χ1) is 10.6. The lowest BCUT2D eigenvalue weighted by Gasteiger charge is -2.18. The summed E-state index contributed by atoms with van der Waals surface area (Å²) in [7, 11) is -3.39. The van der Waals surface area contributed by atoms with E-state index in [1.165, 1.54) is 6.92 Å². The van der Waals surface area contributed by atoms with Crippen molar-refractivity contribution in [2.45, 2.75) is 38.0 Å². The van der Waals surface area contributed by atoms with Gasteiger partial charge in [0.25, 0.3) is 0 Å². The Balaban J connectivity index is 1.87. The first-order valence-corrected chi connectivity index (χ1v) is 9.46. The van der Waals surface area contributed by atoms with Gasteiger partial charge in [-0.2, -0.15) is 0 Å². The van der Waals surface area contributed by atoms with Gasteiger partial charge in [-0.3, -0.25) is 4.79 Å². The molecule has 1 aromatic rings. The Bertz CT molecular complexity index is 696. The first-order valence-electron chi connectivity index (χ1n) is 7.50. The molecule has 0 aliphatic carbocycles. The molecule has 1 amide bonds. The van der Waals surface area contributed by atoms with Crippen LogP contribution >= 0.6 is 0 Å². The Labute approximate surface area is 137 Å². The highest BCUT2D eigenvalue weighted by atomic mass is 32.2. The van der Waals surface area contributed by atoms with Crippen molar-refractivity contribution in [3.05, 3.63) is 23.8 Å². The molecule has 6 nitrogen and oxygen atoms in total. The van der Waals surface area contributed by atoms with E-state index in [-0.39, 0.29) is 18.8 Å². The normalized spacial score (nSPS) is 17.0. The number of hydrogen-bond acceptors (Lipinski definition) is 5. The minimum absolute atomic E-state index is 0.228. The van der Waals surface area contributed by atoms with Gasteiger partial charge >= 0.3 is 0 Å². The van der Waals surface area contributed by atoms with E-state index in [0.29, 0.717) is 5.75 Å². The molecule has 1 aliphatic rings. The Kier molecular flexibility index (Phi) is 4.89. The largest absolute Gasteiger partial charge is 0.488 e. The van der Waals surface area contributed by atoms with E-state index < -0.39 is 21.0 Å². The quantitative estimate of drug-likeness (QED) is 0.790. The number of hydrogen-bond donors (Lipinski definition) is 1. The number of carbonyl (C=O) groups excluding carboxylic acids is 1. The topological polar surface area (TPSA) is 81.7 Å². The highest BCUT2D eigenvalue weighted by molar-refractivity contribution is 7.92. The van der Waals surface area contributed by atoms with Crippen molar-refractivity contribution < 1.29 is 22.7 Å². The van der Waals surface area contributed by atoms with Crippen LogP contribution in [0.25, 0.3) is 0 Å². The minimum atomic E-state index is -3.39. The van der Waals surface area contributed by atoms with Crippen molar-refractivity contribution >= 4 is 15.7 Å². The van der Waals surface area contributed by atoms with Gasteiger partial charge in [-0.15, -0.1) is 0 Å². The molecule has 1 N–H and O–H groups in total. The van der Waals surface area contributed by atoms with Crippen molar-refractivity contribution in [1.29, 1.82) is 0 Å². The van der Waals surface area contributed by atoms with E-state index in [2.05, 4.69) is 5.32 Å². The third-order valence-corrected chi connectivity index (χ3v) is 5.22. The number of para-hydroxylation sites is 1. The fourth-order valence-corrected chi connectivity index (χ4v) is 2.85. The molecule has 0 fully saturated rings. The van der Waals surface area contributed by atoms with E-state index in [9.17, 15) is 13.2 Å². The standard InChI is InChI=1S/C16H23NO5S/c1-11(23(4,19)20)15(18)17-8-9-21-13-7-5-6-12-10-16(2,3)22-14(12)13/h5-7,11H,8-10H2,1-4H3,(H,17,18)/t11-/m1/s1. The molecule has 0 bridgehead atoms. The number of carbonyl (C=O) groups is 1. The Hall–Kier alpha value is -1.76. The van der Waals surface area contributed by atoms with Gasteiger partial charge in [0.05, 0.1) is 6.54 Å².